The van der Waals surface area contributed by atoms with Gasteiger partial charge in [-0.05, 0) is 36.8 Å². The number of likely N-dealkylation sites (N-methyl/N-ethyl adjacent to an activating group) is 1. The van der Waals surface area contributed by atoms with Crippen molar-refractivity contribution in [3.8, 4) is 5.75 Å². The molecule has 0 saturated carbocycles. The molecule has 1 aromatic carbocycles. The first-order chi connectivity index (χ1) is 14.4. The molecule has 1 N–H and O–H groups in total. The van der Waals surface area contributed by atoms with Gasteiger partial charge in [-0.2, -0.15) is 0 Å². The zero-order valence-electron chi connectivity index (χ0n) is 16.3. The van der Waals surface area contributed by atoms with E-state index in [2.05, 4.69) is 10.1 Å². The molecule has 1 unspecified atom stereocenters. The lowest BCUT2D eigenvalue weighted by Gasteiger charge is -2.23. The lowest BCUT2D eigenvalue weighted by Crippen LogP contribution is -2.43. The lowest BCUT2D eigenvalue weighted by atomic mass is 9.92. The topological polar surface area (TPSA) is 79.0 Å². The standard InChI is InChI=1S/C19H17ClF3N3O4S/c1-18(11-3-5-12(6-4-11)30-19(21,22)23)16(28)26(17(29)24-18)10-15(27)25(2)9-13-7-8-14(20)31-13/h3-8H,9-10H2,1-2H3,(H,24,29). The average Bonchev–Trinajstić information content (AvgIpc) is 3.17. The highest BCUT2D eigenvalue weighted by Crippen LogP contribution is 2.31. The van der Waals surface area contributed by atoms with E-state index in [9.17, 15) is 27.6 Å². The van der Waals surface area contributed by atoms with E-state index in [1.807, 2.05) is 0 Å². The van der Waals surface area contributed by atoms with Gasteiger partial charge in [0, 0.05) is 11.9 Å². The molecule has 7 nitrogen and oxygen atoms in total. The number of carbonyl (C=O) groups is 3. The van der Waals surface area contributed by atoms with E-state index in [0.29, 0.717) is 4.34 Å². The molecule has 1 aliphatic rings. The highest BCUT2D eigenvalue weighted by Gasteiger charge is 2.49. The molecule has 166 valence electrons. The van der Waals surface area contributed by atoms with Gasteiger partial charge in [0.1, 0.15) is 17.8 Å². The molecule has 1 aromatic heterocycles. The Hall–Kier alpha value is -2.79. The van der Waals surface area contributed by atoms with Crippen LogP contribution < -0.4 is 10.1 Å². The minimum atomic E-state index is -4.85. The van der Waals surface area contributed by atoms with Crippen LogP contribution in [0.4, 0.5) is 18.0 Å². The zero-order chi connectivity index (χ0) is 23.0. The number of rotatable bonds is 6. The number of imide groups is 1. The first kappa shape index (κ1) is 22.9. The van der Waals surface area contributed by atoms with Crippen LogP contribution in [0.2, 0.25) is 4.34 Å². The van der Waals surface area contributed by atoms with Crippen molar-refractivity contribution in [3.63, 3.8) is 0 Å². The first-order valence-electron chi connectivity index (χ1n) is 8.87. The Labute approximate surface area is 184 Å². The second kappa shape index (κ2) is 8.39. The molecule has 1 atom stereocenters. The van der Waals surface area contributed by atoms with Gasteiger partial charge in [0.25, 0.3) is 5.91 Å². The van der Waals surface area contributed by atoms with Crippen LogP contribution in [0.3, 0.4) is 0 Å². The number of urea groups is 1. The Morgan fingerprint density at radius 1 is 1.23 bits per heavy atom. The van der Waals surface area contributed by atoms with Crippen LogP contribution in [-0.4, -0.2) is 47.6 Å². The summed E-state index contributed by atoms with van der Waals surface area (Å²) in [5.41, 5.74) is -1.29. The Kier molecular flexibility index (Phi) is 6.19. The third-order valence-electron chi connectivity index (χ3n) is 4.68. The fourth-order valence-electron chi connectivity index (χ4n) is 3.04. The summed E-state index contributed by atoms with van der Waals surface area (Å²) in [5, 5.41) is 2.50. The summed E-state index contributed by atoms with van der Waals surface area (Å²) >= 11 is 7.19. The molecule has 2 heterocycles. The second-order valence-electron chi connectivity index (χ2n) is 6.97. The van der Waals surface area contributed by atoms with Crippen molar-refractivity contribution in [2.24, 2.45) is 0 Å². The number of halogens is 4. The molecule has 0 spiro atoms. The molecule has 0 bridgehead atoms. The highest BCUT2D eigenvalue weighted by molar-refractivity contribution is 7.16. The Balaban J connectivity index is 1.70. The molecule has 31 heavy (non-hydrogen) atoms. The van der Waals surface area contributed by atoms with E-state index < -0.39 is 42.0 Å². The van der Waals surface area contributed by atoms with Gasteiger partial charge in [0.2, 0.25) is 5.91 Å². The van der Waals surface area contributed by atoms with Crippen molar-refractivity contribution in [1.82, 2.24) is 15.1 Å². The van der Waals surface area contributed by atoms with E-state index in [1.54, 1.807) is 12.1 Å². The van der Waals surface area contributed by atoms with Gasteiger partial charge in [0.05, 0.1) is 10.9 Å². The predicted molar refractivity (Wildman–Crippen MR) is 107 cm³/mol. The summed E-state index contributed by atoms with van der Waals surface area (Å²) < 4.78 is 41.4. The third kappa shape index (κ3) is 5.10. The maximum absolute atomic E-state index is 12.9. The van der Waals surface area contributed by atoms with Crippen molar-refractivity contribution in [2.45, 2.75) is 25.4 Å². The van der Waals surface area contributed by atoms with Gasteiger partial charge >= 0.3 is 12.4 Å². The summed E-state index contributed by atoms with van der Waals surface area (Å²) in [4.78, 5) is 40.8. The molecule has 0 aliphatic carbocycles. The van der Waals surface area contributed by atoms with Gasteiger partial charge in [-0.15, -0.1) is 24.5 Å². The maximum Gasteiger partial charge on any atom is 0.573 e. The molecule has 12 heteroatoms. The number of hydrogen-bond donors (Lipinski definition) is 1. The van der Waals surface area contributed by atoms with E-state index in [0.717, 1.165) is 21.9 Å². The lowest BCUT2D eigenvalue weighted by molar-refractivity contribution is -0.274. The van der Waals surface area contributed by atoms with Crippen LogP contribution in [0.1, 0.15) is 17.4 Å². The molecule has 2 aromatic rings. The number of carbonyl (C=O) groups excluding carboxylic acids is 3. The number of hydrogen-bond acceptors (Lipinski definition) is 5. The fraction of sp³-hybridized carbons (Fsp3) is 0.316. The minimum absolute atomic E-state index is 0.247. The minimum Gasteiger partial charge on any atom is -0.406 e. The molecule has 0 radical (unpaired) electrons. The molecule has 3 rings (SSSR count). The van der Waals surface area contributed by atoms with Crippen molar-refractivity contribution in [2.75, 3.05) is 13.6 Å². The van der Waals surface area contributed by atoms with E-state index in [4.69, 9.17) is 11.6 Å². The number of ether oxygens (including phenoxy) is 1. The Morgan fingerprint density at radius 3 is 2.42 bits per heavy atom. The maximum atomic E-state index is 12.9. The Bertz CT molecular complexity index is 1010. The van der Waals surface area contributed by atoms with Crippen molar-refractivity contribution >= 4 is 40.8 Å². The highest BCUT2D eigenvalue weighted by atomic mass is 35.5. The monoisotopic (exact) mass is 475 g/mol. The van der Waals surface area contributed by atoms with E-state index in [1.165, 1.54) is 42.3 Å². The number of alkyl halides is 3. The zero-order valence-corrected chi connectivity index (χ0v) is 17.9. The van der Waals surface area contributed by atoms with Gasteiger partial charge in [-0.1, -0.05) is 23.7 Å². The molecule has 1 fully saturated rings. The van der Waals surface area contributed by atoms with Crippen LogP contribution >= 0.6 is 22.9 Å². The van der Waals surface area contributed by atoms with Gasteiger partial charge < -0.3 is 15.0 Å². The quantitative estimate of drug-likeness (QED) is 0.646. The Morgan fingerprint density at radius 2 is 1.87 bits per heavy atom. The summed E-state index contributed by atoms with van der Waals surface area (Å²) in [7, 11) is 1.53. The summed E-state index contributed by atoms with van der Waals surface area (Å²) in [6.45, 7) is 1.19. The molecule has 1 aliphatic heterocycles. The normalized spacial score (nSPS) is 18.8. The third-order valence-corrected chi connectivity index (χ3v) is 5.90. The molecule has 4 amide bonds. The fourth-order valence-corrected chi connectivity index (χ4v) is 4.18. The second-order valence-corrected chi connectivity index (χ2v) is 8.77. The number of benzene rings is 1. The first-order valence-corrected chi connectivity index (χ1v) is 10.1. The van der Waals surface area contributed by atoms with Gasteiger partial charge in [-0.3, -0.25) is 14.5 Å². The number of amides is 4. The van der Waals surface area contributed by atoms with Crippen molar-refractivity contribution < 1.29 is 32.3 Å². The molecular formula is C19H17ClF3N3O4S. The average molecular weight is 476 g/mol. The van der Waals surface area contributed by atoms with Crippen molar-refractivity contribution in [3.05, 3.63) is 51.2 Å². The molecule has 1 saturated heterocycles. The predicted octanol–water partition coefficient (Wildman–Crippen LogP) is 3.73. The molecular weight excluding hydrogens is 459 g/mol. The van der Waals surface area contributed by atoms with Gasteiger partial charge in [0.15, 0.2) is 0 Å². The summed E-state index contributed by atoms with van der Waals surface area (Å²) in [6, 6.07) is 7.28. The van der Waals surface area contributed by atoms with Crippen LogP contribution in [0.15, 0.2) is 36.4 Å². The number of nitrogens with one attached hydrogen (secondary N) is 1. The van der Waals surface area contributed by atoms with Crippen LogP contribution in [-0.2, 0) is 21.7 Å². The largest absolute Gasteiger partial charge is 0.573 e. The van der Waals surface area contributed by atoms with Gasteiger partial charge in [-0.25, -0.2) is 4.79 Å². The van der Waals surface area contributed by atoms with Crippen LogP contribution in [0.5, 0.6) is 5.75 Å². The van der Waals surface area contributed by atoms with Crippen LogP contribution in [0.25, 0.3) is 0 Å². The summed E-state index contributed by atoms with van der Waals surface area (Å²) in [5.74, 6) is -1.62. The smallest absolute Gasteiger partial charge is 0.406 e. The number of thiophene rings is 1. The summed E-state index contributed by atoms with van der Waals surface area (Å²) in [6.07, 6.45) is -4.85. The van der Waals surface area contributed by atoms with E-state index >= 15 is 0 Å². The SMILES string of the molecule is CN(Cc1ccc(Cl)s1)C(=O)CN1C(=O)NC(C)(c2ccc(OC(F)(F)F)cc2)C1=O. The van der Waals surface area contributed by atoms with Crippen LogP contribution in [0, 0.1) is 0 Å². The van der Waals surface area contributed by atoms with E-state index in [-0.39, 0.29) is 12.1 Å². The van der Waals surface area contributed by atoms with Crippen molar-refractivity contribution in [1.29, 1.82) is 0 Å². The number of nitrogens with zero attached hydrogens (tertiary/aromatic N) is 2.